The molecule has 2 fully saturated rings. The lowest BCUT2D eigenvalue weighted by Gasteiger charge is -2.44. The van der Waals surface area contributed by atoms with Gasteiger partial charge in [0.2, 0.25) is 0 Å². The van der Waals surface area contributed by atoms with Crippen molar-refractivity contribution in [3.05, 3.63) is 0 Å². The van der Waals surface area contributed by atoms with E-state index in [1.54, 1.807) is 0 Å². The number of fused-ring (bicyclic) bond motifs is 1. The van der Waals surface area contributed by atoms with Gasteiger partial charge < -0.3 is 20.8 Å². The molecule has 0 radical (unpaired) electrons. The van der Waals surface area contributed by atoms with Crippen LogP contribution in [0.2, 0.25) is 0 Å². The maximum absolute atomic E-state index is 10.1. The fourth-order valence-electron chi connectivity index (χ4n) is 3.44. The van der Waals surface area contributed by atoms with Crippen LogP contribution in [0.3, 0.4) is 0 Å². The van der Waals surface area contributed by atoms with Crippen molar-refractivity contribution in [2.24, 2.45) is 11.8 Å². The van der Waals surface area contributed by atoms with Gasteiger partial charge in [-0.3, -0.25) is 0 Å². The van der Waals surface area contributed by atoms with Gasteiger partial charge in [0.25, 0.3) is 0 Å². The Labute approximate surface area is 110 Å². The predicted molar refractivity (Wildman–Crippen MR) is 72.4 cm³/mol. The summed E-state index contributed by atoms with van der Waals surface area (Å²) in [4.78, 5) is 0. The Morgan fingerprint density at radius 3 is 2.78 bits per heavy atom. The minimum absolute atomic E-state index is 0.242. The van der Waals surface area contributed by atoms with E-state index < -0.39 is 12.2 Å². The van der Waals surface area contributed by atoms with Crippen molar-refractivity contribution in [2.45, 2.75) is 63.8 Å². The van der Waals surface area contributed by atoms with Crippen LogP contribution in [0.25, 0.3) is 0 Å². The van der Waals surface area contributed by atoms with Crippen LogP contribution in [-0.4, -0.2) is 47.6 Å². The summed E-state index contributed by atoms with van der Waals surface area (Å²) in [6.07, 6.45) is 3.51. The maximum atomic E-state index is 10.1. The fraction of sp³-hybridized carbons (Fsp3) is 1.00. The van der Waals surface area contributed by atoms with E-state index >= 15 is 0 Å². The normalized spacial score (nSPS) is 40.8. The highest BCUT2D eigenvalue weighted by Gasteiger charge is 2.40. The molecule has 18 heavy (non-hydrogen) atoms. The first-order valence-electron chi connectivity index (χ1n) is 7.41. The molecule has 1 saturated carbocycles. The summed E-state index contributed by atoms with van der Waals surface area (Å²) in [6.45, 7) is 5.94. The second-order valence-electron chi connectivity index (χ2n) is 6.31. The number of aliphatic hydroxyl groups excluding tert-OH is 2. The van der Waals surface area contributed by atoms with E-state index in [1.807, 2.05) is 0 Å². The van der Waals surface area contributed by atoms with Gasteiger partial charge in [0, 0.05) is 24.5 Å². The van der Waals surface area contributed by atoms with E-state index in [9.17, 15) is 10.2 Å². The third kappa shape index (κ3) is 3.44. The van der Waals surface area contributed by atoms with Crippen LogP contribution >= 0.6 is 0 Å². The second-order valence-corrected chi connectivity index (χ2v) is 6.31. The summed E-state index contributed by atoms with van der Waals surface area (Å²) < 4.78 is 0. The summed E-state index contributed by atoms with van der Waals surface area (Å²) in [7, 11) is 0. The highest BCUT2D eigenvalue weighted by molar-refractivity contribution is 4.95. The molecule has 1 aliphatic heterocycles. The molecule has 1 aliphatic carbocycles. The minimum Gasteiger partial charge on any atom is -0.390 e. The van der Waals surface area contributed by atoms with Gasteiger partial charge in [-0.25, -0.2) is 0 Å². The summed E-state index contributed by atoms with van der Waals surface area (Å²) in [5.74, 6) is 0.936. The summed E-state index contributed by atoms with van der Waals surface area (Å²) in [5, 5.41) is 26.7. The van der Waals surface area contributed by atoms with E-state index in [1.165, 1.54) is 12.8 Å². The molecule has 0 bridgehead atoms. The lowest BCUT2D eigenvalue weighted by molar-refractivity contribution is -0.0693. The van der Waals surface area contributed by atoms with Crippen LogP contribution in [-0.2, 0) is 0 Å². The smallest absolute Gasteiger partial charge is 0.0926 e. The first-order chi connectivity index (χ1) is 8.58. The molecule has 0 aromatic rings. The molecule has 0 aromatic heterocycles. The lowest BCUT2D eigenvalue weighted by atomic mass is 9.71. The molecule has 2 rings (SSSR count). The molecule has 0 amide bonds. The van der Waals surface area contributed by atoms with E-state index in [4.69, 9.17) is 0 Å². The Hall–Kier alpha value is -0.160. The van der Waals surface area contributed by atoms with Crippen LogP contribution in [0.4, 0.5) is 0 Å². The second kappa shape index (κ2) is 6.33. The van der Waals surface area contributed by atoms with Crippen LogP contribution in [0, 0.1) is 11.8 Å². The van der Waals surface area contributed by atoms with Crippen molar-refractivity contribution in [1.29, 1.82) is 0 Å². The zero-order valence-electron chi connectivity index (χ0n) is 11.6. The SMILES string of the molecule is CC(C)NCCC1CCC2NCC(O)C(O)C2C1. The molecule has 0 spiro atoms. The van der Waals surface area contributed by atoms with Crippen molar-refractivity contribution in [2.75, 3.05) is 13.1 Å². The largest absolute Gasteiger partial charge is 0.390 e. The fourth-order valence-corrected chi connectivity index (χ4v) is 3.44. The number of hydrogen-bond donors (Lipinski definition) is 4. The van der Waals surface area contributed by atoms with Crippen LogP contribution in [0.5, 0.6) is 0 Å². The molecule has 0 aromatic carbocycles. The standard InChI is InChI=1S/C14H28N2O2/c1-9(2)15-6-5-10-3-4-12-11(7-10)14(18)13(17)8-16-12/h9-18H,3-8H2,1-2H3. The quantitative estimate of drug-likeness (QED) is 0.591. The third-order valence-electron chi connectivity index (χ3n) is 4.54. The Morgan fingerprint density at radius 2 is 2.06 bits per heavy atom. The Bertz CT molecular complexity index is 258. The highest BCUT2D eigenvalue weighted by Crippen LogP contribution is 2.35. The van der Waals surface area contributed by atoms with E-state index in [0.717, 1.165) is 19.4 Å². The average molecular weight is 256 g/mol. The number of hydrogen-bond acceptors (Lipinski definition) is 4. The van der Waals surface area contributed by atoms with Gasteiger partial charge in [-0.05, 0) is 38.1 Å². The number of piperidine rings is 1. The molecule has 5 atom stereocenters. The molecule has 1 saturated heterocycles. The molecular weight excluding hydrogens is 228 g/mol. The number of aliphatic hydroxyl groups is 2. The zero-order chi connectivity index (χ0) is 13.1. The summed E-state index contributed by atoms with van der Waals surface area (Å²) in [6, 6.07) is 0.961. The van der Waals surface area contributed by atoms with Gasteiger partial charge >= 0.3 is 0 Å². The topological polar surface area (TPSA) is 64.5 Å². The maximum Gasteiger partial charge on any atom is 0.0926 e. The van der Waals surface area contributed by atoms with Gasteiger partial charge in [0.15, 0.2) is 0 Å². The minimum atomic E-state index is -0.584. The number of nitrogens with one attached hydrogen (secondary N) is 2. The van der Waals surface area contributed by atoms with Crippen LogP contribution < -0.4 is 10.6 Å². The first-order valence-corrected chi connectivity index (χ1v) is 7.41. The molecule has 4 nitrogen and oxygen atoms in total. The van der Waals surface area contributed by atoms with Gasteiger partial charge in [-0.15, -0.1) is 0 Å². The third-order valence-corrected chi connectivity index (χ3v) is 4.54. The number of rotatable bonds is 4. The molecule has 4 N–H and O–H groups in total. The molecule has 1 heterocycles. The highest BCUT2D eigenvalue weighted by atomic mass is 16.3. The Kier molecular flexibility index (Phi) is 5.01. The summed E-state index contributed by atoms with van der Waals surface area (Å²) in [5.41, 5.74) is 0. The molecule has 5 unspecified atom stereocenters. The van der Waals surface area contributed by atoms with E-state index in [2.05, 4.69) is 24.5 Å². The van der Waals surface area contributed by atoms with Gasteiger partial charge in [-0.1, -0.05) is 13.8 Å². The van der Waals surface area contributed by atoms with E-state index in [0.29, 0.717) is 24.5 Å². The van der Waals surface area contributed by atoms with Gasteiger partial charge in [-0.2, -0.15) is 0 Å². The first kappa shape index (κ1) is 14.3. The Morgan fingerprint density at radius 1 is 1.28 bits per heavy atom. The average Bonchev–Trinajstić information content (AvgIpc) is 2.34. The monoisotopic (exact) mass is 256 g/mol. The Balaban J connectivity index is 1.80. The molecule has 2 aliphatic rings. The molecular formula is C14H28N2O2. The zero-order valence-corrected chi connectivity index (χ0v) is 11.6. The lowest BCUT2D eigenvalue weighted by Crippen LogP contribution is -2.58. The predicted octanol–water partition coefficient (Wildman–Crippen LogP) is 0.484. The van der Waals surface area contributed by atoms with Gasteiger partial charge in [0.1, 0.15) is 0 Å². The number of β-amino-alcohol motifs (C(OH)–C–C–N with tert-alkyl or cyclic N) is 1. The van der Waals surface area contributed by atoms with Crippen molar-refractivity contribution >= 4 is 0 Å². The van der Waals surface area contributed by atoms with Crippen molar-refractivity contribution in [3.63, 3.8) is 0 Å². The van der Waals surface area contributed by atoms with Gasteiger partial charge in [0.05, 0.1) is 12.2 Å². The van der Waals surface area contributed by atoms with Crippen molar-refractivity contribution < 1.29 is 10.2 Å². The van der Waals surface area contributed by atoms with Crippen LogP contribution in [0.1, 0.15) is 39.5 Å². The van der Waals surface area contributed by atoms with Crippen LogP contribution in [0.15, 0.2) is 0 Å². The van der Waals surface area contributed by atoms with E-state index in [-0.39, 0.29) is 5.92 Å². The summed E-state index contributed by atoms with van der Waals surface area (Å²) >= 11 is 0. The van der Waals surface area contributed by atoms with Crippen molar-refractivity contribution in [3.8, 4) is 0 Å². The molecule has 106 valence electrons. The molecule has 4 heteroatoms. The van der Waals surface area contributed by atoms with Crippen molar-refractivity contribution in [1.82, 2.24) is 10.6 Å².